The lowest BCUT2D eigenvalue weighted by Crippen LogP contribution is -2.44. The molecule has 1 amide bonds. The van der Waals surface area contributed by atoms with E-state index in [-0.39, 0.29) is 11.5 Å². The second-order valence-corrected chi connectivity index (χ2v) is 6.71. The number of H-pyrrole nitrogens is 1. The molecule has 24 heavy (non-hydrogen) atoms. The average Bonchev–Trinajstić information content (AvgIpc) is 3.08. The second-order valence-electron chi connectivity index (χ2n) is 6.71. The highest BCUT2D eigenvalue weighted by Crippen LogP contribution is 2.40. The summed E-state index contributed by atoms with van der Waals surface area (Å²) in [4.78, 5) is 14.1. The van der Waals surface area contributed by atoms with Crippen LogP contribution in [-0.2, 0) is 17.8 Å². The number of fused-ring (bicyclic) bond motifs is 1. The molecule has 124 valence electrons. The van der Waals surface area contributed by atoms with E-state index in [1.54, 1.807) is 0 Å². The summed E-state index contributed by atoms with van der Waals surface area (Å²) < 4.78 is 5.44. The number of allylic oxidation sites excluding steroid dienone is 1. The lowest BCUT2D eigenvalue weighted by atomic mass is 9.71. The molecule has 2 heterocycles. The number of rotatable bonds is 2. The minimum absolute atomic E-state index is 0.160. The fourth-order valence-electron chi connectivity index (χ4n) is 3.59. The summed E-state index contributed by atoms with van der Waals surface area (Å²) in [5.74, 6) is 0. The zero-order chi connectivity index (χ0) is 16.4. The molecule has 0 unspecified atom stereocenters. The molecule has 1 aliphatic heterocycles. The summed E-state index contributed by atoms with van der Waals surface area (Å²) in [6.45, 7) is 1.82. The van der Waals surface area contributed by atoms with Crippen molar-refractivity contribution >= 4 is 12.2 Å². The number of hydrogen-bond acceptors (Lipinski definition) is 3. The topological polar surface area (TPSA) is 58.2 Å². The smallest absolute Gasteiger partial charge is 0.410 e. The number of nitrogens with zero attached hydrogens (tertiary/aromatic N) is 2. The highest BCUT2D eigenvalue weighted by molar-refractivity contribution is 5.68. The van der Waals surface area contributed by atoms with Gasteiger partial charge in [0.2, 0.25) is 0 Å². The van der Waals surface area contributed by atoms with Crippen molar-refractivity contribution < 1.29 is 9.53 Å². The lowest BCUT2D eigenvalue weighted by Gasteiger charge is -2.40. The number of piperidine rings is 1. The number of carbonyl (C=O) groups is 1. The fraction of sp³-hybridized carbons (Fsp3) is 0.368. The molecule has 0 bridgehead atoms. The molecule has 1 fully saturated rings. The lowest BCUT2D eigenvalue weighted by molar-refractivity contribution is 0.0723. The molecule has 5 heteroatoms. The van der Waals surface area contributed by atoms with Gasteiger partial charge in [-0.05, 0) is 41.9 Å². The van der Waals surface area contributed by atoms with Crippen molar-refractivity contribution in [2.24, 2.45) is 5.41 Å². The van der Waals surface area contributed by atoms with Crippen molar-refractivity contribution in [2.45, 2.75) is 25.9 Å². The minimum Gasteiger partial charge on any atom is -0.445 e. The molecular formula is C19H21N3O2. The van der Waals surface area contributed by atoms with Crippen LogP contribution in [0.15, 0.2) is 42.6 Å². The first-order chi connectivity index (χ1) is 11.7. The normalized spacial score (nSPS) is 18.4. The highest BCUT2D eigenvalue weighted by Gasteiger charge is 2.36. The van der Waals surface area contributed by atoms with Gasteiger partial charge in [-0.15, -0.1) is 0 Å². The first-order valence-corrected chi connectivity index (χ1v) is 8.41. The van der Waals surface area contributed by atoms with E-state index in [1.165, 1.54) is 5.56 Å². The summed E-state index contributed by atoms with van der Waals surface area (Å²) >= 11 is 0. The molecule has 0 radical (unpaired) electrons. The van der Waals surface area contributed by atoms with E-state index in [2.05, 4.69) is 22.3 Å². The Balaban J connectivity index is 1.32. The number of aromatic nitrogens is 2. The van der Waals surface area contributed by atoms with E-state index in [1.807, 2.05) is 41.4 Å². The number of carbonyl (C=O) groups excluding carboxylic acids is 1. The van der Waals surface area contributed by atoms with Gasteiger partial charge in [-0.1, -0.05) is 36.4 Å². The van der Waals surface area contributed by atoms with Gasteiger partial charge in [0, 0.05) is 13.1 Å². The molecule has 5 nitrogen and oxygen atoms in total. The van der Waals surface area contributed by atoms with Crippen molar-refractivity contribution in [2.75, 3.05) is 13.1 Å². The van der Waals surface area contributed by atoms with Gasteiger partial charge in [0.15, 0.2) is 0 Å². The molecule has 2 aliphatic rings. The predicted octanol–water partition coefficient (Wildman–Crippen LogP) is 3.40. The van der Waals surface area contributed by atoms with Crippen LogP contribution in [0.1, 0.15) is 29.7 Å². The van der Waals surface area contributed by atoms with Crippen molar-refractivity contribution in [1.82, 2.24) is 15.1 Å². The third-order valence-corrected chi connectivity index (χ3v) is 5.12. The predicted molar refractivity (Wildman–Crippen MR) is 91.2 cm³/mol. The molecule has 2 aromatic rings. The van der Waals surface area contributed by atoms with Gasteiger partial charge in [0.1, 0.15) is 6.61 Å². The molecule has 1 spiro atoms. The Hall–Kier alpha value is -2.56. The van der Waals surface area contributed by atoms with Crippen LogP contribution in [0, 0.1) is 5.41 Å². The molecule has 1 aromatic carbocycles. The van der Waals surface area contributed by atoms with Gasteiger partial charge in [-0.3, -0.25) is 5.10 Å². The van der Waals surface area contributed by atoms with Crippen LogP contribution in [0.3, 0.4) is 0 Å². The summed E-state index contributed by atoms with van der Waals surface area (Å²) in [6.07, 6.45) is 9.07. The quantitative estimate of drug-likeness (QED) is 0.921. The Morgan fingerprint density at radius 3 is 2.83 bits per heavy atom. The van der Waals surface area contributed by atoms with Gasteiger partial charge in [0.25, 0.3) is 0 Å². The molecule has 1 N–H and O–H groups in total. The van der Waals surface area contributed by atoms with Crippen LogP contribution in [0.2, 0.25) is 0 Å². The Morgan fingerprint density at radius 2 is 2.04 bits per heavy atom. The van der Waals surface area contributed by atoms with E-state index < -0.39 is 0 Å². The summed E-state index contributed by atoms with van der Waals surface area (Å²) in [5.41, 5.74) is 3.57. The Labute approximate surface area is 141 Å². The summed E-state index contributed by atoms with van der Waals surface area (Å²) in [7, 11) is 0. The van der Waals surface area contributed by atoms with E-state index >= 15 is 0 Å². The number of benzene rings is 1. The number of ether oxygens (including phenoxy) is 1. The van der Waals surface area contributed by atoms with E-state index in [0.717, 1.165) is 43.6 Å². The van der Waals surface area contributed by atoms with Crippen LogP contribution in [0.4, 0.5) is 4.79 Å². The number of aromatic amines is 1. The molecule has 1 saturated heterocycles. The Kier molecular flexibility index (Phi) is 3.84. The highest BCUT2D eigenvalue weighted by atomic mass is 16.6. The van der Waals surface area contributed by atoms with Gasteiger partial charge < -0.3 is 9.64 Å². The standard InChI is InChI=1S/C19H21N3O2/c23-18(24-14-15-4-2-1-3-5-15)22-10-8-19(9-11-22)7-6-17-16(12-19)13-20-21-17/h1-7,13H,8-12,14H2,(H,20,21). The average molecular weight is 323 g/mol. The third-order valence-electron chi connectivity index (χ3n) is 5.12. The molecule has 0 saturated carbocycles. The van der Waals surface area contributed by atoms with Gasteiger partial charge in [0.05, 0.1) is 11.9 Å². The first kappa shape index (κ1) is 15.0. The third kappa shape index (κ3) is 2.94. The van der Waals surface area contributed by atoms with Crippen LogP contribution in [-0.4, -0.2) is 34.3 Å². The number of amides is 1. The van der Waals surface area contributed by atoms with Crippen molar-refractivity contribution in [3.8, 4) is 0 Å². The molecule has 1 aliphatic carbocycles. The van der Waals surface area contributed by atoms with Crippen molar-refractivity contribution in [3.05, 3.63) is 59.4 Å². The van der Waals surface area contributed by atoms with Crippen LogP contribution in [0.5, 0.6) is 0 Å². The maximum atomic E-state index is 12.3. The number of likely N-dealkylation sites (tertiary alicyclic amines) is 1. The van der Waals surface area contributed by atoms with E-state index in [4.69, 9.17) is 4.74 Å². The number of hydrogen-bond donors (Lipinski definition) is 1. The first-order valence-electron chi connectivity index (χ1n) is 8.41. The van der Waals surface area contributed by atoms with Crippen LogP contribution >= 0.6 is 0 Å². The Morgan fingerprint density at radius 1 is 1.25 bits per heavy atom. The van der Waals surface area contributed by atoms with Crippen LogP contribution in [0.25, 0.3) is 6.08 Å². The maximum Gasteiger partial charge on any atom is 0.410 e. The SMILES string of the molecule is O=C(OCc1ccccc1)N1CCC2(C=Cc3[nH]ncc3C2)CC1. The molecule has 0 atom stereocenters. The summed E-state index contributed by atoms with van der Waals surface area (Å²) in [5, 5.41) is 7.13. The number of nitrogens with one attached hydrogen (secondary N) is 1. The van der Waals surface area contributed by atoms with Gasteiger partial charge in [-0.25, -0.2) is 4.79 Å². The second kappa shape index (κ2) is 6.15. The largest absolute Gasteiger partial charge is 0.445 e. The maximum absolute atomic E-state index is 12.3. The Bertz CT molecular complexity index is 743. The van der Waals surface area contributed by atoms with E-state index in [9.17, 15) is 4.79 Å². The molecular weight excluding hydrogens is 302 g/mol. The van der Waals surface area contributed by atoms with Crippen molar-refractivity contribution in [1.29, 1.82) is 0 Å². The summed E-state index contributed by atoms with van der Waals surface area (Å²) in [6, 6.07) is 9.79. The monoisotopic (exact) mass is 323 g/mol. The zero-order valence-electron chi connectivity index (χ0n) is 13.6. The van der Waals surface area contributed by atoms with Gasteiger partial charge in [-0.2, -0.15) is 5.10 Å². The van der Waals surface area contributed by atoms with Crippen LogP contribution < -0.4 is 0 Å². The molecule has 1 aromatic heterocycles. The van der Waals surface area contributed by atoms with Crippen molar-refractivity contribution in [3.63, 3.8) is 0 Å². The molecule has 4 rings (SSSR count). The minimum atomic E-state index is -0.211. The fourth-order valence-corrected chi connectivity index (χ4v) is 3.59. The zero-order valence-corrected chi connectivity index (χ0v) is 13.6. The van der Waals surface area contributed by atoms with Gasteiger partial charge >= 0.3 is 6.09 Å². The van der Waals surface area contributed by atoms with E-state index in [0.29, 0.717) is 6.61 Å².